The van der Waals surface area contributed by atoms with Gasteiger partial charge in [-0.3, -0.25) is 4.79 Å². The summed E-state index contributed by atoms with van der Waals surface area (Å²) in [5.74, 6) is -2.62. The first-order valence-corrected chi connectivity index (χ1v) is 29.2. The summed E-state index contributed by atoms with van der Waals surface area (Å²) in [5.41, 5.74) is 6.35. The molecule has 6 heterocycles. The fourth-order valence-corrected chi connectivity index (χ4v) is 11.9. The number of halogens is 2. The van der Waals surface area contributed by atoms with Gasteiger partial charge in [0.2, 0.25) is 31.7 Å². The van der Waals surface area contributed by atoms with E-state index in [0.29, 0.717) is 66.7 Å². The summed E-state index contributed by atoms with van der Waals surface area (Å²) in [6.45, 7) is 19.8. The number of benzene rings is 2. The molecule has 2 aliphatic heterocycles. The highest BCUT2D eigenvalue weighted by molar-refractivity contribution is 7.89. The van der Waals surface area contributed by atoms with Gasteiger partial charge in [0.1, 0.15) is 34.7 Å². The molecular weight excluding hydrogens is 1020 g/mol. The normalized spacial score (nSPS) is 15.7. The topological polar surface area (TPSA) is 310 Å². The molecule has 0 aliphatic carbocycles. The van der Waals surface area contributed by atoms with E-state index in [9.17, 15) is 40.3 Å². The zero-order valence-electron chi connectivity index (χ0n) is 42.4. The molecule has 0 spiro atoms. The van der Waals surface area contributed by atoms with Crippen molar-refractivity contribution in [3.05, 3.63) is 94.6 Å². The Kier molecular flexibility index (Phi) is 17.6. The van der Waals surface area contributed by atoms with Crippen molar-refractivity contribution in [1.29, 1.82) is 0 Å². The Morgan fingerprint density at radius 1 is 0.784 bits per heavy atom. The van der Waals surface area contributed by atoms with Gasteiger partial charge in [0, 0.05) is 26.2 Å². The maximum Gasteiger partial charge on any atom is 0.338 e. The van der Waals surface area contributed by atoms with E-state index in [1.54, 1.807) is 29.8 Å². The van der Waals surface area contributed by atoms with Gasteiger partial charge in [0.05, 0.1) is 46.2 Å². The average Bonchev–Trinajstić information content (AvgIpc) is 4.13. The van der Waals surface area contributed by atoms with E-state index < -0.39 is 69.0 Å². The van der Waals surface area contributed by atoms with Crippen LogP contribution in [0.3, 0.4) is 0 Å². The molecule has 23 nitrogen and oxygen atoms in total. The van der Waals surface area contributed by atoms with Crippen molar-refractivity contribution in [2.75, 3.05) is 37.4 Å². The number of nitrogens with one attached hydrogen (secondary N) is 1. The van der Waals surface area contributed by atoms with Crippen LogP contribution in [0.4, 0.5) is 20.4 Å². The Hall–Kier alpha value is -6.56. The molecule has 0 fully saturated rings. The highest BCUT2D eigenvalue weighted by atomic mass is 32.2. The van der Waals surface area contributed by atoms with E-state index in [2.05, 4.69) is 80.2 Å². The second kappa shape index (κ2) is 22.9. The van der Waals surface area contributed by atoms with Gasteiger partial charge in [-0.1, -0.05) is 46.8 Å². The summed E-state index contributed by atoms with van der Waals surface area (Å²) >= 11 is 0. The van der Waals surface area contributed by atoms with Gasteiger partial charge in [-0.2, -0.15) is 8.61 Å². The van der Waals surface area contributed by atoms with Crippen LogP contribution in [-0.4, -0.2) is 133 Å². The van der Waals surface area contributed by atoms with Crippen molar-refractivity contribution in [3.63, 3.8) is 0 Å². The summed E-state index contributed by atoms with van der Waals surface area (Å²) in [6.07, 6.45) is 1.26. The fourth-order valence-electron chi connectivity index (χ4n) is 7.38. The minimum atomic E-state index is -3.78. The van der Waals surface area contributed by atoms with Gasteiger partial charge in [-0.15, -0.1) is 10.2 Å². The Balaban J connectivity index is 0.000000190. The third-order valence-electron chi connectivity index (χ3n) is 12.4. The number of aromatic nitrogens is 10. The number of nitrogen functional groups attached to an aromatic ring is 1. The van der Waals surface area contributed by atoms with E-state index in [-0.39, 0.29) is 52.2 Å². The van der Waals surface area contributed by atoms with Crippen molar-refractivity contribution in [3.8, 4) is 23.0 Å². The molecule has 4 aromatic heterocycles. The van der Waals surface area contributed by atoms with Crippen LogP contribution < -0.4 is 11.1 Å². The summed E-state index contributed by atoms with van der Waals surface area (Å²) in [4.78, 5) is 32.0. The highest BCUT2D eigenvalue weighted by Crippen LogP contribution is 2.38. The molecule has 6 aromatic rings. The lowest BCUT2D eigenvalue weighted by molar-refractivity contribution is 0.0691. The van der Waals surface area contributed by atoms with E-state index in [0.717, 1.165) is 24.3 Å². The van der Waals surface area contributed by atoms with Crippen molar-refractivity contribution in [1.82, 2.24) is 59.0 Å². The van der Waals surface area contributed by atoms with E-state index in [1.807, 2.05) is 32.9 Å². The maximum absolute atomic E-state index is 14.7. The molecule has 28 heteroatoms. The average molecular weight is 1080 g/mol. The van der Waals surface area contributed by atoms with Gasteiger partial charge in [0.15, 0.2) is 8.32 Å². The SMILES string of the molecule is CCCN1Cc2cc(F)c(C(=O)Nc3cccc(-c4nnnn4[C@H](C)CO)n3)cc2S1(=O)=O.CCCN1Cc2cc(F)c(C(=O)O)cc2S1(=O)=O.C[C@H](CO[Si](C)(C)C(C)(C)C)n1nnnc1-c1cccc(N)n1. The largest absolute Gasteiger partial charge is 0.478 e. The number of pyridine rings is 2. The van der Waals surface area contributed by atoms with Crippen LogP contribution in [0.15, 0.2) is 70.5 Å². The highest BCUT2D eigenvalue weighted by Gasteiger charge is 2.39. The number of nitrogens with zero attached hydrogens (tertiary/aromatic N) is 12. The molecular formula is C46H60F2N14O9S2Si. The predicted octanol–water partition coefficient (Wildman–Crippen LogP) is 5.93. The smallest absolute Gasteiger partial charge is 0.338 e. The van der Waals surface area contributed by atoms with Crippen LogP contribution in [0.1, 0.15) is 105 Å². The lowest BCUT2D eigenvalue weighted by Crippen LogP contribution is -2.42. The predicted molar refractivity (Wildman–Crippen MR) is 270 cm³/mol. The molecule has 5 N–H and O–H groups in total. The quantitative estimate of drug-likeness (QED) is 0.0866. The van der Waals surface area contributed by atoms with Gasteiger partial charge >= 0.3 is 5.97 Å². The Morgan fingerprint density at radius 3 is 1.76 bits per heavy atom. The van der Waals surface area contributed by atoms with Crippen LogP contribution in [0.25, 0.3) is 23.0 Å². The number of nitrogens with two attached hydrogens (primary N) is 1. The van der Waals surface area contributed by atoms with Crippen molar-refractivity contribution in [2.24, 2.45) is 0 Å². The molecule has 8 rings (SSSR count). The fraction of sp³-hybridized carbons (Fsp3) is 0.435. The zero-order chi connectivity index (χ0) is 54.5. The molecule has 0 unspecified atom stereocenters. The number of rotatable bonds is 15. The number of carbonyl (C=O) groups is 2. The lowest BCUT2D eigenvalue weighted by Gasteiger charge is -2.36. The molecule has 0 saturated heterocycles. The molecule has 0 bridgehead atoms. The molecule has 2 aliphatic rings. The van der Waals surface area contributed by atoms with Crippen molar-refractivity contribution in [2.45, 2.75) is 114 Å². The number of hydrogen-bond donors (Lipinski definition) is 4. The van der Waals surface area contributed by atoms with Crippen LogP contribution in [0, 0.1) is 11.6 Å². The summed E-state index contributed by atoms with van der Waals surface area (Å²) in [5, 5.41) is 44.1. The zero-order valence-corrected chi connectivity index (χ0v) is 45.0. The number of tetrazole rings is 2. The van der Waals surface area contributed by atoms with E-state index in [1.165, 1.54) is 19.4 Å². The van der Waals surface area contributed by atoms with Gasteiger partial charge < -0.3 is 25.7 Å². The summed E-state index contributed by atoms with van der Waals surface area (Å²) in [7, 11) is -9.26. The van der Waals surface area contributed by atoms with Crippen LogP contribution in [-0.2, 0) is 37.6 Å². The maximum atomic E-state index is 14.7. The third-order valence-corrected chi connectivity index (χ3v) is 20.8. The number of hydrogen-bond acceptors (Lipinski definition) is 17. The number of sulfonamides is 2. The first kappa shape index (κ1) is 56.7. The Morgan fingerprint density at radius 2 is 1.27 bits per heavy atom. The number of aromatic carboxylic acids is 1. The number of carbonyl (C=O) groups excluding carboxylic acids is 1. The standard InChI is InChI=1S/C20H22FN7O4S.C15H26N6OSi.C11H12FNO4S/c1-3-7-27-10-13-8-15(21)14(9-17(13)33(27,31)32)20(30)23-18-6-4-5-16(22-18)19-24-25-26-28(19)12(2)11-29;1-11(10-22-23(5,6)15(2,3)4)21-14(18-19-20-21)12-8-7-9-13(16)17-12;1-2-3-13-6-7-4-9(12)8(11(14)15)5-10(7)18(13,16)17/h4-6,8-9,12,29H,3,7,10-11H2,1-2H3,(H,22,23,30);7-9,11H,10H2,1-6H3,(H2,16,17);4-5H,2-3,6H2,1H3,(H,14,15)/t12-;11-;/m11./s1. The minimum absolute atomic E-state index is 0.0114. The molecule has 1 amide bonds. The number of amides is 1. The summed E-state index contributed by atoms with van der Waals surface area (Å²) < 4.78 is 89.7. The van der Waals surface area contributed by atoms with Crippen LogP contribution in [0.2, 0.25) is 18.1 Å². The molecule has 2 aromatic carbocycles. The number of carboxylic acid groups (broad SMARTS) is 1. The monoisotopic (exact) mass is 1080 g/mol. The van der Waals surface area contributed by atoms with Gasteiger partial charge in [0.25, 0.3) is 5.91 Å². The first-order chi connectivity index (χ1) is 34.7. The van der Waals surface area contributed by atoms with E-state index in [4.69, 9.17) is 15.3 Å². The molecule has 74 heavy (non-hydrogen) atoms. The van der Waals surface area contributed by atoms with Gasteiger partial charge in [-0.05, 0) is 125 Å². The number of aliphatic hydroxyl groups excluding tert-OH is 1. The van der Waals surface area contributed by atoms with Crippen molar-refractivity contribution < 1.29 is 49.8 Å². The number of carboxylic acids is 1. The Labute approximate surface area is 428 Å². The number of fused-ring (bicyclic) bond motifs is 2. The molecule has 398 valence electrons. The minimum Gasteiger partial charge on any atom is -0.478 e. The lowest BCUT2D eigenvalue weighted by atomic mass is 10.1. The number of anilines is 2. The molecule has 2 atom stereocenters. The Bertz CT molecular complexity index is 3250. The second-order valence-corrected chi connectivity index (χ2v) is 27.6. The molecule has 0 radical (unpaired) electrons. The summed E-state index contributed by atoms with van der Waals surface area (Å²) in [6, 6.07) is 13.8. The van der Waals surface area contributed by atoms with Gasteiger partial charge in [-0.25, -0.2) is 49.7 Å². The molecule has 0 saturated carbocycles. The number of aliphatic hydroxyl groups is 1. The van der Waals surface area contributed by atoms with Crippen molar-refractivity contribution >= 4 is 51.9 Å². The van der Waals surface area contributed by atoms with Crippen LogP contribution >= 0.6 is 0 Å². The van der Waals surface area contributed by atoms with Crippen LogP contribution in [0.5, 0.6) is 0 Å². The van der Waals surface area contributed by atoms with E-state index >= 15 is 0 Å². The third kappa shape index (κ3) is 12.3. The first-order valence-electron chi connectivity index (χ1n) is 23.5. The second-order valence-electron chi connectivity index (χ2n) is 19.0.